The van der Waals surface area contributed by atoms with Crippen LogP contribution in [0.25, 0.3) is 0 Å². The molecule has 1 saturated carbocycles. The Morgan fingerprint density at radius 3 is 2.04 bits per heavy atom. The number of carbonyl (C=O) groups excluding carboxylic acids is 1. The summed E-state index contributed by atoms with van der Waals surface area (Å²) in [4.78, 5) is 26.5. The van der Waals surface area contributed by atoms with Gasteiger partial charge in [0.1, 0.15) is 6.04 Å². The zero-order valence-corrected chi connectivity index (χ0v) is 15.3. The standard InChI is InChI=1S/C18H34N2O3/c1-6-20(14-10-8-7-9-11-14)16(13(4)5)17(21)19-15(12(2)3)18(22)23/h12-16H,6-11H2,1-5H3,(H,19,21)(H,22,23). The predicted molar refractivity (Wildman–Crippen MR) is 92.3 cm³/mol. The highest BCUT2D eigenvalue weighted by Gasteiger charge is 2.35. The number of hydrogen-bond acceptors (Lipinski definition) is 3. The number of rotatable bonds is 8. The van der Waals surface area contributed by atoms with E-state index in [1.54, 1.807) is 0 Å². The second kappa shape index (κ2) is 9.26. The third-order valence-electron chi connectivity index (χ3n) is 4.90. The summed E-state index contributed by atoms with van der Waals surface area (Å²) in [6.45, 7) is 10.6. The first kappa shape index (κ1) is 19.9. The first-order valence-electron chi connectivity index (χ1n) is 9.08. The molecule has 0 aliphatic heterocycles. The van der Waals surface area contributed by atoms with E-state index in [1.807, 2.05) is 27.7 Å². The van der Waals surface area contributed by atoms with Gasteiger partial charge in [-0.05, 0) is 31.2 Å². The number of hydrogen-bond donors (Lipinski definition) is 2. The maximum absolute atomic E-state index is 12.8. The lowest BCUT2D eigenvalue weighted by molar-refractivity contribution is -0.144. The average Bonchev–Trinajstić information content (AvgIpc) is 2.49. The summed E-state index contributed by atoms with van der Waals surface area (Å²) in [5, 5.41) is 12.1. The van der Waals surface area contributed by atoms with Gasteiger partial charge in [-0.3, -0.25) is 9.69 Å². The van der Waals surface area contributed by atoms with Crippen molar-refractivity contribution in [3.05, 3.63) is 0 Å². The number of nitrogens with zero attached hydrogens (tertiary/aromatic N) is 1. The molecule has 134 valence electrons. The van der Waals surface area contributed by atoms with Crippen LogP contribution in [0.3, 0.4) is 0 Å². The summed E-state index contributed by atoms with van der Waals surface area (Å²) >= 11 is 0. The maximum Gasteiger partial charge on any atom is 0.326 e. The van der Waals surface area contributed by atoms with Crippen molar-refractivity contribution in [2.24, 2.45) is 11.8 Å². The van der Waals surface area contributed by atoms with Crippen LogP contribution in [0.1, 0.15) is 66.7 Å². The first-order valence-corrected chi connectivity index (χ1v) is 9.08. The molecule has 0 bridgehead atoms. The van der Waals surface area contributed by atoms with Crippen molar-refractivity contribution in [3.63, 3.8) is 0 Å². The Morgan fingerprint density at radius 2 is 1.65 bits per heavy atom. The largest absolute Gasteiger partial charge is 0.480 e. The van der Waals surface area contributed by atoms with Crippen LogP contribution in [-0.2, 0) is 9.59 Å². The Bertz CT molecular complexity index is 390. The van der Waals surface area contributed by atoms with Gasteiger partial charge in [-0.15, -0.1) is 0 Å². The maximum atomic E-state index is 12.8. The van der Waals surface area contributed by atoms with E-state index in [2.05, 4.69) is 17.1 Å². The van der Waals surface area contributed by atoms with Gasteiger partial charge in [0.15, 0.2) is 0 Å². The summed E-state index contributed by atoms with van der Waals surface area (Å²) in [5.41, 5.74) is 0. The SMILES string of the molecule is CCN(C1CCCCC1)C(C(=O)NC(C(=O)O)C(C)C)C(C)C. The van der Waals surface area contributed by atoms with Crippen molar-refractivity contribution >= 4 is 11.9 Å². The lowest BCUT2D eigenvalue weighted by atomic mass is 9.90. The molecule has 23 heavy (non-hydrogen) atoms. The van der Waals surface area contributed by atoms with Crippen molar-refractivity contribution in [2.45, 2.75) is 84.8 Å². The van der Waals surface area contributed by atoms with Crippen molar-refractivity contribution in [1.29, 1.82) is 0 Å². The molecule has 5 heteroatoms. The average molecular weight is 326 g/mol. The summed E-state index contributed by atoms with van der Waals surface area (Å²) in [5.74, 6) is -1.09. The van der Waals surface area contributed by atoms with Crippen LogP contribution >= 0.6 is 0 Å². The van der Waals surface area contributed by atoms with Gasteiger partial charge in [-0.25, -0.2) is 4.79 Å². The molecule has 2 unspecified atom stereocenters. The number of carboxylic acids is 1. The first-order chi connectivity index (χ1) is 10.8. The lowest BCUT2D eigenvalue weighted by Gasteiger charge is -2.40. The van der Waals surface area contributed by atoms with Crippen molar-refractivity contribution in [2.75, 3.05) is 6.54 Å². The summed E-state index contributed by atoms with van der Waals surface area (Å²) < 4.78 is 0. The quantitative estimate of drug-likeness (QED) is 0.719. The van der Waals surface area contributed by atoms with Crippen LogP contribution in [0.4, 0.5) is 0 Å². The topological polar surface area (TPSA) is 69.6 Å². The molecule has 0 aromatic carbocycles. The molecule has 0 aromatic heterocycles. The monoisotopic (exact) mass is 326 g/mol. The Balaban J connectivity index is 2.89. The van der Waals surface area contributed by atoms with E-state index in [1.165, 1.54) is 19.3 Å². The van der Waals surface area contributed by atoms with Crippen molar-refractivity contribution in [1.82, 2.24) is 10.2 Å². The second-order valence-corrected chi connectivity index (χ2v) is 7.38. The zero-order chi connectivity index (χ0) is 17.6. The minimum Gasteiger partial charge on any atom is -0.480 e. The van der Waals surface area contributed by atoms with Crippen molar-refractivity contribution < 1.29 is 14.7 Å². The highest BCUT2D eigenvalue weighted by Crippen LogP contribution is 2.26. The molecule has 1 fully saturated rings. The molecule has 0 radical (unpaired) electrons. The summed E-state index contributed by atoms with van der Waals surface area (Å²) in [6.07, 6.45) is 5.99. The van der Waals surface area contributed by atoms with Crippen molar-refractivity contribution in [3.8, 4) is 0 Å². The fourth-order valence-electron chi connectivity index (χ4n) is 3.68. The number of likely N-dealkylation sites (N-methyl/N-ethyl adjacent to an activating group) is 1. The summed E-state index contributed by atoms with van der Waals surface area (Å²) in [7, 11) is 0. The second-order valence-electron chi connectivity index (χ2n) is 7.38. The molecule has 0 saturated heterocycles. The van der Waals surface area contributed by atoms with E-state index in [0.717, 1.165) is 19.4 Å². The van der Waals surface area contributed by atoms with Gasteiger partial charge in [-0.2, -0.15) is 0 Å². The Labute approximate surface area is 140 Å². The minimum atomic E-state index is -0.962. The van der Waals surface area contributed by atoms with Gasteiger partial charge >= 0.3 is 5.97 Å². The van der Waals surface area contributed by atoms with Gasteiger partial charge in [0.25, 0.3) is 0 Å². The number of aliphatic carboxylic acids is 1. The van der Waals surface area contributed by atoms with Crippen LogP contribution < -0.4 is 5.32 Å². The number of amides is 1. The molecule has 0 spiro atoms. The van der Waals surface area contributed by atoms with Gasteiger partial charge < -0.3 is 10.4 Å². The Hall–Kier alpha value is -1.10. The van der Waals surface area contributed by atoms with Gasteiger partial charge in [0, 0.05) is 6.04 Å². The molecule has 1 aliphatic carbocycles. The van der Waals surface area contributed by atoms with E-state index in [0.29, 0.717) is 6.04 Å². The molecule has 0 aromatic rings. The zero-order valence-electron chi connectivity index (χ0n) is 15.3. The molecule has 5 nitrogen and oxygen atoms in total. The normalized spacial score (nSPS) is 19.1. The van der Waals surface area contributed by atoms with Crippen LogP contribution in [0.5, 0.6) is 0 Å². The molecule has 2 atom stereocenters. The molecule has 1 rings (SSSR count). The van der Waals surface area contributed by atoms with E-state index >= 15 is 0 Å². The lowest BCUT2D eigenvalue weighted by Crippen LogP contribution is -2.57. The third-order valence-corrected chi connectivity index (χ3v) is 4.90. The highest BCUT2D eigenvalue weighted by molar-refractivity contribution is 5.87. The van der Waals surface area contributed by atoms with E-state index in [-0.39, 0.29) is 23.8 Å². The van der Waals surface area contributed by atoms with Crippen LogP contribution in [0.15, 0.2) is 0 Å². The number of nitrogens with one attached hydrogen (secondary N) is 1. The van der Waals surface area contributed by atoms with Crippen LogP contribution in [0, 0.1) is 11.8 Å². The smallest absolute Gasteiger partial charge is 0.326 e. The van der Waals surface area contributed by atoms with E-state index in [9.17, 15) is 14.7 Å². The van der Waals surface area contributed by atoms with Crippen LogP contribution in [-0.4, -0.2) is 46.6 Å². The fourth-order valence-corrected chi connectivity index (χ4v) is 3.68. The molecular weight excluding hydrogens is 292 g/mol. The third kappa shape index (κ3) is 5.48. The van der Waals surface area contributed by atoms with Crippen LogP contribution in [0.2, 0.25) is 0 Å². The molecule has 1 aliphatic rings. The number of carbonyl (C=O) groups is 2. The molecule has 1 amide bonds. The fraction of sp³-hybridized carbons (Fsp3) is 0.889. The predicted octanol–water partition coefficient (Wildman–Crippen LogP) is 2.89. The van der Waals surface area contributed by atoms with E-state index < -0.39 is 12.0 Å². The van der Waals surface area contributed by atoms with Gasteiger partial charge in [0.05, 0.1) is 6.04 Å². The van der Waals surface area contributed by atoms with E-state index in [4.69, 9.17) is 0 Å². The Morgan fingerprint density at radius 1 is 1.09 bits per heavy atom. The molecular formula is C18H34N2O3. The highest BCUT2D eigenvalue weighted by atomic mass is 16.4. The number of carboxylic acid groups (broad SMARTS) is 1. The molecule has 0 heterocycles. The molecule has 2 N–H and O–H groups in total. The van der Waals surface area contributed by atoms with Gasteiger partial charge in [-0.1, -0.05) is 53.9 Å². The minimum absolute atomic E-state index is 0.131. The van der Waals surface area contributed by atoms with Gasteiger partial charge in [0.2, 0.25) is 5.91 Å². The summed E-state index contributed by atoms with van der Waals surface area (Å²) in [6, 6.07) is -0.647. The Kier molecular flexibility index (Phi) is 8.03.